The van der Waals surface area contributed by atoms with Crippen LogP contribution in [0, 0.1) is 0 Å². The lowest BCUT2D eigenvalue weighted by Gasteiger charge is -2.40. The summed E-state index contributed by atoms with van der Waals surface area (Å²) >= 11 is 0. The van der Waals surface area contributed by atoms with Gasteiger partial charge in [-0.25, -0.2) is 0 Å². The molecule has 1 heterocycles. The van der Waals surface area contributed by atoms with Crippen molar-refractivity contribution in [2.45, 2.75) is 12.0 Å². The van der Waals surface area contributed by atoms with Crippen LogP contribution in [0.1, 0.15) is 33.4 Å². The number of carbonyl (C=O) groups excluding carboxylic acids is 2. The molecule has 0 bridgehead atoms. The van der Waals surface area contributed by atoms with Gasteiger partial charge in [-0.1, -0.05) is 12.1 Å². The highest BCUT2D eigenvalue weighted by molar-refractivity contribution is 6.05. The summed E-state index contributed by atoms with van der Waals surface area (Å²) in [5, 5.41) is 2.99. The Morgan fingerprint density at radius 3 is 2.08 bits per heavy atom. The van der Waals surface area contributed by atoms with Gasteiger partial charge in [0, 0.05) is 24.4 Å². The maximum absolute atomic E-state index is 14.0. The summed E-state index contributed by atoms with van der Waals surface area (Å²) in [7, 11) is 9.34. The van der Waals surface area contributed by atoms with E-state index in [0.29, 0.717) is 51.1 Å². The van der Waals surface area contributed by atoms with Crippen LogP contribution >= 0.6 is 0 Å². The Kier molecular flexibility index (Phi) is 7.42. The molecule has 0 unspecified atom stereocenters. The molecule has 0 saturated heterocycles. The lowest BCUT2D eigenvalue weighted by Crippen LogP contribution is -2.44. The molecule has 2 atom stereocenters. The fourth-order valence-corrected chi connectivity index (χ4v) is 4.71. The Balaban J connectivity index is 1.89. The SMILES string of the molecule is COc1cccc(NC(=O)[C@H]2c3cc(OC)c(OC)cc3C(=O)N(C)[C@@H]2c2ccc(OC)c(OC)c2)c1. The Bertz CT molecular complexity index is 1320. The lowest BCUT2D eigenvalue weighted by molar-refractivity contribution is -0.119. The van der Waals surface area contributed by atoms with Gasteiger partial charge in [0.2, 0.25) is 5.91 Å². The van der Waals surface area contributed by atoms with Gasteiger partial charge in [0.25, 0.3) is 5.91 Å². The van der Waals surface area contributed by atoms with E-state index in [0.717, 1.165) is 0 Å². The molecule has 3 aromatic carbocycles. The largest absolute Gasteiger partial charge is 0.497 e. The monoisotopic (exact) mass is 506 g/mol. The van der Waals surface area contributed by atoms with Crippen LogP contribution in [0.25, 0.3) is 0 Å². The summed E-state index contributed by atoms with van der Waals surface area (Å²) in [6.45, 7) is 0. The quantitative estimate of drug-likeness (QED) is 0.487. The van der Waals surface area contributed by atoms with Gasteiger partial charge in [-0.05, 0) is 47.5 Å². The predicted molar refractivity (Wildman–Crippen MR) is 138 cm³/mol. The highest BCUT2D eigenvalue weighted by Crippen LogP contribution is 2.47. The van der Waals surface area contributed by atoms with E-state index >= 15 is 0 Å². The second-order valence-electron chi connectivity index (χ2n) is 8.47. The van der Waals surface area contributed by atoms with Crippen molar-refractivity contribution in [3.05, 3.63) is 71.3 Å². The van der Waals surface area contributed by atoms with Crippen LogP contribution < -0.4 is 29.0 Å². The number of methoxy groups -OCH3 is 5. The van der Waals surface area contributed by atoms with Gasteiger partial charge in [0.05, 0.1) is 47.5 Å². The Hall–Kier alpha value is -4.40. The number of nitrogens with one attached hydrogen (secondary N) is 1. The van der Waals surface area contributed by atoms with Crippen molar-refractivity contribution < 1.29 is 33.3 Å². The smallest absolute Gasteiger partial charge is 0.254 e. The standard InChI is InChI=1S/C28H30N2O7/c1-30-26(16-10-11-21(34-3)22(12-16)35-4)25(27(31)29-17-8-7-9-18(13-17)33-2)19-14-23(36-5)24(37-6)15-20(19)28(30)32/h7-15,25-26H,1-6H3,(H,29,31)/t25-,26+/m0/s1. The van der Waals surface area contributed by atoms with Crippen molar-refractivity contribution in [2.24, 2.45) is 0 Å². The molecule has 1 N–H and O–H groups in total. The van der Waals surface area contributed by atoms with E-state index in [1.54, 1.807) is 74.7 Å². The Morgan fingerprint density at radius 1 is 0.784 bits per heavy atom. The first kappa shape index (κ1) is 25.7. The van der Waals surface area contributed by atoms with E-state index < -0.39 is 12.0 Å². The van der Waals surface area contributed by atoms with Crippen LogP contribution in [0.15, 0.2) is 54.6 Å². The summed E-state index contributed by atoms with van der Waals surface area (Å²) in [6.07, 6.45) is 0. The molecule has 0 spiro atoms. The summed E-state index contributed by atoms with van der Waals surface area (Å²) < 4.78 is 27.1. The van der Waals surface area contributed by atoms with Crippen LogP contribution in [-0.2, 0) is 4.79 Å². The van der Waals surface area contributed by atoms with E-state index in [4.69, 9.17) is 23.7 Å². The zero-order valence-corrected chi connectivity index (χ0v) is 21.7. The maximum atomic E-state index is 14.0. The number of nitrogens with zero attached hydrogens (tertiary/aromatic N) is 1. The van der Waals surface area contributed by atoms with Gasteiger partial charge in [-0.3, -0.25) is 9.59 Å². The summed E-state index contributed by atoms with van der Waals surface area (Å²) in [6, 6.07) is 15.1. The van der Waals surface area contributed by atoms with Crippen molar-refractivity contribution in [1.82, 2.24) is 4.90 Å². The van der Waals surface area contributed by atoms with Crippen LogP contribution in [0.4, 0.5) is 5.69 Å². The predicted octanol–water partition coefficient (Wildman–Crippen LogP) is 4.28. The van der Waals surface area contributed by atoms with Crippen LogP contribution in [-0.4, -0.2) is 59.3 Å². The molecule has 9 nitrogen and oxygen atoms in total. The molecule has 0 aromatic heterocycles. The van der Waals surface area contributed by atoms with Crippen LogP contribution in [0.5, 0.6) is 28.7 Å². The Labute approximate surface area is 215 Å². The minimum absolute atomic E-state index is 0.249. The number of likely N-dealkylation sites (N-methyl/N-ethyl adjacent to an activating group) is 1. The van der Waals surface area contributed by atoms with E-state index in [2.05, 4.69) is 5.32 Å². The zero-order valence-electron chi connectivity index (χ0n) is 21.7. The molecule has 2 amide bonds. The van der Waals surface area contributed by atoms with Crippen LogP contribution in [0.2, 0.25) is 0 Å². The van der Waals surface area contributed by atoms with Crippen molar-refractivity contribution in [1.29, 1.82) is 0 Å². The molecule has 9 heteroatoms. The lowest BCUT2D eigenvalue weighted by atomic mass is 9.79. The summed E-state index contributed by atoms with van der Waals surface area (Å²) in [5.41, 5.74) is 2.17. The normalized spacial score (nSPS) is 16.5. The highest BCUT2D eigenvalue weighted by Gasteiger charge is 2.44. The molecule has 37 heavy (non-hydrogen) atoms. The maximum Gasteiger partial charge on any atom is 0.254 e. The van der Waals surface area contributed by atoms with Gasteiger partial charge >= 0.3 is 0 Å². The summed E-state index contributed by atoms with van der Waals surface area (Å²) in [5.74, 6) is 1.12. The first-order chi connectivity index (χ1) is 17.9. The average molecular weight is 507 g/mol. The van der Waals surface area contributed by atoms with Gasteiger partial charge in [0.15, 0.2) is 23.0 Å². The highest BCUT2D eigenvalue weighted by atomic mass is 16.5. The van der Waals surface area contributed by atoms with Gasteiger partial charge < -0.3 is 33.9 Å². The van der Waals surface area contributed by atoms with Gasteiger partial charge in [-0.15, -0.1) is 0 Å². The molecule has 4 rings (SSSR count). The Morgan fingerprint density at radius 2 is 1.43 bits per heavy atom. The molecule has 3 aromatic rings. The molecule has 194 valence electrons. The number of benzene rings is 3. The molecular formula is C28H30N2O7. The second-order valence-corrected chi connectivity index (χ2v) is 8.47. The van der Waals surface area contributed by atoms with Gasteiger partial charge in [-0.2, -0.15) is 0 Å². The number of rotatable bonds is 8. The number of hydrogen-bond acceptors (Lipinski definition) is 7. The minimum atomic E-state index is -0.790. The first-order valence-electron chi connectivity index (χ1n) is 11.6. The number of carbonyl (C=O) groups is 2. The van der Waals surface area contributed by atoms with Crippen molar-refractivity contribution in [3.8, 4) is 28.7 Å². The number of ether oxygens (including phenoxy) is 5. The molecule has 0 radical (unpaired) electrons. The fourth-order valence-electron chi connectivity index (χ4n) is 4.71. The van der Waals surface area contributed by atoms with Crippen molar-refractivity contribution >= 4 is 17.5 Å². The molecule has 0 aliphatic carbocycles. The number of hydrogen-bond donors (Lipinski definition) is 1. The van der Waals surface area contributed by atoms with Crippen LogP contribution in [0.3, 0.4) is 0 Å². The third-order valence-electron chi connectivity index (χ3n) is 6.54. The minimum Gasteiger partial charge on any atom is -0.497 e. The molecule has 1 aliphatic rings. The topological polar surface area (TPSA) is 95.6 Å². The molecule has 1 aliphatic heterocycles. The molecule has 0 fully saturated rings. The number of anilines is 1. The second kappa shape index (κ2) is 10.7. The number of fused-ring (bicyclic) bond motifs is 1. The molecule has 0 saturated carbocycles. The van der Waals surface area contributed by atoms with E-state index in [9.17, 15) is 9.59 Å². The zero-order chi connectivity index (χ0) is 26.7. The average Bonchev–Trinajstić information content (AvgIpc) is 2.93. The van der Waals surface area contributed by atoms with Gasteiger partial charge in [0.1, 0.15) is 5.75 Å². The molecular weight excluding hydrogens is 476 g/mol. The third-order valence-corrected chi connectivity index (χ3v) is 6.54. The van der Waals surface area contributed by atoms with Crippen molar-refractivity contribution in [3.63, 3.8) is 0 Å². The first-order valence-corrected chi connectivity index (χ1v) is 11.6. The fraction of sp³-hybridized carbons (Fsp3) is 0.286. The number of amides is 2. The van der Waals surface area contributed by atoms with E-state index in [1.165, 1.54) is 21.3 Å². The summed E-state index contributed by atoms with van der Waals surface area (Å²) in [4.78, 5) is 29.1. The van der Waals surface area contributed by atoms with E-state index in [-0.39, 0.29) is 11.8 Å². The van der Waals surface area contributed by atoms with E-state index in [1.807, 2.05) is 6.07 Å². The van der Waals surface area contributed by atoms with Crippen molar-refractivity contribution in [2.75, 3.05) is 47.9 Å². The third kappa shape index (κ3) is 4.72.